The Labute approximate surface area is 135 Å². The topological polar surface area (TPSA) is 38.1 Å². The van der Waals surface area contributed by atoms with Crippen molar-refractivity contribution in [3.8, 4) is 11.3 Å². The van der Waals surface area contributed by atoms with Gasteiger partial charge in [-0.05, 0) is 30.7 Å². The average molecular weight is 302 g/mol. The van der Waals surface area contributed by atoms with Crippen LogP contribution in [0.1, 0.15) is 13.3 Å². The molecule has 1 N–H and O–H groups in total. The molecule has 0 atom stereocenters. The highest BCUT2D eigenvalue weighted by Gasteiger charge is 2.12. The predicted molar refractivity (Wildman–Crippen MR) is 95.7 cm³/mol. The summed E-state index contributed by atoms with van der Waals surface area (Å²) in [5.41, 5.74) is 3.88. The van der Waals surface area contributed by atoms with E-state index in [0.717, 1.165) is 52.0 Å². The minimum absolute atomic E-state index is 0.900. The number of hydrogen-bond acceptors (Lipinski definition) is 3. The lowest BCUT2D eigenvalue weighted by Crippen LogP contribution is -2.02. The maximum atomic E-state index is 5.97. The Morgan fingerprint density at radius 1 is 0.913 bits per heavy atom. The molecule has 0 aliphatic heterocycles. The molecule has 0 radical (unpaired) electrons. The molecule has 23 heavy (non-hydrogen) atoms. The summed E-state index contributed by atoms with van der Waals surface area (Å²) in [6, 6.07) is 20.4. The molecule has 0 saturated heterocycles. The van der Waals surface area contributed by atoms with E-state index in [1.807, 2.05) is 48.5 Å². The standard InChI is InChI=1S/C20H18N2O/c1-2-13-21-19-12-6-9-16(22-19)14-8-5-11-18-20(14)15-7-3-4-10-17(15)23-18/h3-12H,2,13H2,1H3,(H,21,22). The lowest BCUT2D eigenvalue weighted by molar-refractivity contribution is 0.669. The van der Waals surface area contributed by atoms with Gasteiger partial charge in [-0.2, -0.15) is 0 Å². The van der Waals surface area contributed by atoms with Crippen molar-refractivity contribution in [2.24, 2.45) is 0 Å². The molecule has 3 heteroatoms. The second-order valence-corrected chi connectivity index (χ2v) is 5.61. The van der Waals surface area contributed by atoms with E-state index in [2.05, 4.69) is 24.4 Å². The van der Waals surface area contributed by atoms with Crippen molar-refractivity contribution >= 4 is 27.8 Å². The number of nitrogens with one attached hydrogen (secondary N) is 1. The molecule has 2 aromatic carbocycles. The molecule has 0 unspecified atom stereocenters. The quantitative estimate of drug-likeness (QED) is 0.543. The van der Waals surface area contributed by atoms with Crippen LogP contribution in [0.25, 0.3) is 33.2 Å². The van der Waals surface area contributed by atoms with E-state index < -0.39 is 0 Å². The highest BCUT2D eigenvalue weighted by molar-refractivity contribution is 6.11. The molecule has 114 valence electrons. The lowest BCUT2D eigenvalue weighted by Gasteiger charge is -2.07. The molecule has 3 nitrogen and oxygen atoms in total. The van der Waals surface area contributed by atoms with Crippen LogP contribution in [-0.2, 0) is 0 Å². The summed E-state index contributed by atoms with van der Waals surface area (Å²) in [6.07, 6.45) is 1.08. The van der Waals surface area contributed by atoms with Gasteiger partial charge < -0.3 is 9.73 Å². The fourth-order valence-electron chi connectivity index (χ4n) is 2.92. The Bertz CT molecular complexity index is 972. The van der Waals surface area contributed by atoms with Gasteiger partial charge in [-0.1, -0.05) is 43.3 Å². The molecule has 2 aromatic heterocycles. The number of benzene rings is 2. The zero-order chi connectivity index (χ0) is 15.6. The summed E-state index contributed by atoms with van der Waals surface area (Å²) in [7, 11) is 0. The van der Waals surface area contributed by atoms with Crippen molar-refractivity contribution in [1.82, 2.24) is 4.98 Å². The van der Waals surface area contributed by atoms with E-state index in [4.69, 9.17) is 9.40 Å². The molecule has 0 bridgehead atoms. The highest BCUT2D eigenvalue weighted by atomic mass is 16.3. The van der Waals surface area contributed by atoms with Crippen LogP contribution >= 0.6 is 0 Å². The Morgan fingerprint density at radius 3 is 2.65 bits per heavy atom. The SMILES string of the molecule is CCCNc1cccc(-c2cccc3oc4ccccc4c23)n1. The van der Waals surface area contributed by atoms with Crippen LogP contribution in [0.3, 0.4) is 0 Å². The molecule has 4 aromatic rings. The summed E-state index contributed by atoms with van der Waals surface area (Å²) < 4.78 is 5.97. The van der Waals surface area contributed by atoms with Gasteiger partial charge in [-0.3, -0.25) is 0 Å². The average Bonchev–Trinajstić information content (AvgIpc) is 2.99. The first-order valence-electron chi connectivity index (χ1n) is 7.98. The highest BCUT2D eigenvalue weighted by Crippen LogP contribution is 2.35. The summed E-state index contributed by atoms with van der Waals surface area (Å²) in [5.74, 6) is 0.911. The number of rotatable bonds is 4. The summed E-state index contributed by atoms with van der Waals surface area (Å²) in [6.45, 7) is 3.07. The molecular weight excluding hydrogens is 284 g/mol. The Hall–Kier alpha value is -2.81. The number of aromatic nitrogens is 1. The van der Waals surface area contributed by atoms with Gasteiger partial charge in [0.2, 0.25) is 0 Å². The first-order valence-corrected chi connectivity index (χ1v) is 7.98. The maximum absolute atomic E-state index is 5.97. The fraction of sp³-hybridized carbons (Fsp3) is 0.150. The normalized spacial score (nSPS) is 11.2. The lowest BCUT2D eigenvalue weighted by atomic mass is 10.0. The van der Waals surface area contributed by atoms with Crippen LogP contribution in [0.15, 0.2) is 65.1 Å². The van der Waals surface area contributed by atoms with E-state index in [1.54, 1.807) is 0 Å². The third kappa shape index (κ3) is 2.44. The Balaban J connectivity index is 1.92. The van der Waals surface area contributed by atoms with Crippen LogP contribution in [0.5, 0.6) is 0 Å². The van der Waals surface area contributed by atoms with Gasteiger partial charge in [-0.25, -0.2) is 4.98 Å². The zero-order valence-corrected chi connectivity index (χ0v) is 13.0. The van der Waals surface area contributed by atoms with Gasteiger partial charge in [-0.15, -0.1) is 0 Å². The third-order valence-electron chi connectivity index (χ3n) is 3.98. The van der Waals surface area contributed by atoms with E-state index >= 15 is 0 Å². The van der Waals surface area contributed by atoms with Crippen molar-refractivity contribution in [2.75, 3.05) is 11.9 Å². The van der Waals surface area contributed by atoms with Gasteiger partial charge in [0, 0.05) is 22.9 Å². The number of hydrogen-bond donors (Lipinski definition) is 1. The number of fused-ring (bicyclic) bond motifs is 3. The second-order valence-electron chi connectivity index (χ2n) is 5.61. The van der Waals surface area contributed by atoms with Crippen LogP contribution in [0, 0.1) is 0 Å². The van der Waals surface area contributed by atoms with Gasteiger partial charge >= 0.3 is 0 Å². The van der Waals surface area contributed by atoms with E-state index in [-0.39, 0.29) is 0 Å². The van der Waals surface area contributed by atoms with Crippen molar-refractivity contribution in [2.45, 2.75) is 13.3 Å². The predicted octanol–water partition coefficient (Wildman–Crippen LogP) is 5.47. The Kier molecular flexibility index (Phi) is 3.46. The molecule has 0 saturated carbocycles. The molecule has 0 aliphatic rings. The third-order valence-corrected chi connectivity index (χ3v) is 3.98. The van der Waals surface area contributed by atoms with Crippen molar-refractivity contribution in [3.63, 3.8) is 0 Å². The van der Waals surface area contributed by atoms with Gasteiger partial charge in [0.15, 0.2) is 0 Å². The second kappa shape index (κ2) is 5.76. The van der Waals surface area contributed by atoms with E-state index in [1.165, 1.54) is 0 Å². The van der Waals surface area contributed by atoms with Crippen LogP contribution in [-0.4, -0.2) is 11.5 Å². The van der Waals surface area contributed by atoms with E-state index in [0.29, 0.717) is 0 Å². The molecule has 0 fully saturated rings. The molecule has 0 spiro atoms. The summed E-state index contributed by atoms with van der Waals surface area (Å²) >= 11 is 0. The zero-order valence-electron chi connectivity index (χ0n) is 13.0. The summed E-state index contributed by atoms with van der Waals surface area (Å²) in [5, 5.41) is 5.61. The fourth-order valence-corrected chi connectivity index (χ4v) is 2.92. The van der Waals surface area contributed by atoms with Crippen LogP contribution < -0.4 is 5.32 Å². The molecule has 4 rings (SSSR count). The minimum atomic E-state index is 0.900. The minimum Gasteiger partial charge on any atom is -0.456 e. The van der Waals surface area contributed by atoms with Crippen molar-refractivity contribution in [3.05, 3.63) is 60.7 Å². The maximum Gasteiger partial charge on any atom is 0.136 e. The van der Waals surface area contributed by atoms with Crippen molar-refractivity contribution < 1.29 is 4.42 Å². The molecule has 2 heterocycles. The van der Waals surface area contributed by atoms with Gasteiger partial charge in [0.25, 0.3) is 0 Å². The Morgan fingerprint density at radius 2 is 1.74 bits per heavy atom. The number of para-hydroxylation sites is 1. The van der Waals surface area contributed by atoms with Crippen molar-refractivity contribution in [1.29, 1.82) is 0 Å². The monoisotopic (exact) mass is 302 g/mol. The number of nitrogens with zero attached hydrogens (tertiary/aromatic N) is 1. The van der Waals surface area contributed by atoms with E-state index in [9.17, 15) is 0 Å². The number of pyridine rings is 1. The smallest absolute Gasteiger partial charge is 0.136 e. The van der Waals surface area contributed by atoms with Crippen LogP contribution in [0.2, 0.25) is 0 Å². The largest absolute Gasteiger partial charge is 0.456 e. The first-order chi connectivity index (χ1) is 11.4. The van der Waals surface area contributed by atoms with Crippen LogP contribution in [0.4, 0.5) is 5.82 Å². The number of furan rings is 1. The molecular formula is C20H18N2O. The van der Waals surface area contributed by atoms with Gasteiger partial charge in [0.1, 0.15) is 17.0 Å². The number of anilines is 1. The molecule has 0 aliphatic carbocycles. The van der Waals surface area contributed by atoms with Gasteiger partial charge in [0.05, 0.1) is 5.69 Å². The summed E-state index contributed by atoms with van der Waals surface area (Å²) in [4.78, 5) is 4.76. The molecule has 0 amide bonds. The first kappa shape index (κ1) is 13.8.